The summed E-state index contributed by atoms with van der Waals surface area (Å²) in [7, 11) is 0. The maximum Gasteiger partial charge on any atom is 0.0650 e. The van der Waals surface area contributed by atoms with Gasteiger partial charge in [0.2, 0.25) is 0 Å². The van der Waals surface area contributed by atoms with Crippen LogP contribution in [-0.2, 0) is 0 Å². The maximum absolute atomic E-state index is 10.3. The van der Waals surface area contributed by atoms with E-state index in [1.165, 1.54) is 32.1 Å². The Morgan fingerprint density at radius 1 is 1.31 bits per heavy atom. The van der Waals surface area contributed by atoms with Crippen LogP contribution in [0, 0.1) is 11.8 Å². The molecule has 78 valence electrons. The van der Waals surface area contributed by atoms with Crippen molar-refractivity contribution in [3.8, 4) is 0 Å². The summed E-state index contributed by atoms with van der Waals surface area (Å²) in [6.45, 7) is 6.53. The molecule has 13 heavy (non-hydrogen) atoms. The van der Waals surface area contributed by atoms with Crippen molar-refractivity contribution in [1.29, 1.82) is 0 Å². The van der Waals surface area contributed by atoms with Gasteiger partial charge in [0.15, 0.2) is 0 Å². The summed E-state index contributed by atoms with van der Waals surface area (Å²) in [6.07, 6.45) is 7.21. The average molecular weight is 184 g/mol. The Bertz CT molecular complexity index is 147. The third kappa shape index (κ3) is 2.46. The van der Waals surface area contributed by atoms with E-state index >= 15 is 0 Å². The predicted molar refractivity (Wildman–Crippen MR) is 56.7 cm³/mol. The quantitative estimate of drug-likeness (QED) is 0.713. The fourth-order valence-corrected chi connectivity index (χ4v) is 2.94. The summed E-state index contributed by atoms with van der Waals surface area (Å²) >= 11 is 0. The molecule has 1 saturated carbocycles. The van der Waals surface area contributed by atoms with E-state index in [-0.39, 0.29) is 5.60 Å². The molecule has 0 spiro atoms. The molecule has 0 aromatic rings. The van der Waals surface area contributed by atoms with Crippen molar-refractivity contribution < 1.29 is 5.11 Å². The molecule has 1 nitrogen and oxygen atoms in total. The van der Waals surface area contributed by atoms with E-state index in [4.69, 9.17) is 0 Å². The Labute approximate surface area is 82.5 Å². The zero-order valence-corrected chi connectivity index (χ0v) is 9.34. The van der Waals surface area contributed by atoms with E-state index in [9.17, 15) is 5.11 Å². The minimum absolute atomic E-state index is 0.380. The normalized spacial score (nSPS) is 35.3. The third-order valence-corrected chi connectivity index (χ3v) is 3.86. The first-order valence-electron chi connectivity index (χ1n) is 5.84. The fourth-order valence-electron chi connectivity index (χ4n) is 2.94. The summed E-state index contributed by atoms with van der Waals surface area (Å²) in [6, 6.07) is 0. The molecule has 1 fully saturated rings. The van der Waals surface area contributed by atoms with Gasteiger partial charge >= 0.3 is 0 Å². The lowest BCUT2D eigenvalue weighted by Gasteiger charge is -2.41. The molecule has 2 atom stereocenters. The molecule has 1 rings (SSSR count). The lowest BCUT2D eigenvalue weighted by atomic mass is 9.69. The van der Waals surface area contributed by atoms with Gasteiger partial charge in [-0.05, 0) is 31.6 Å². The zero-order chi connectivity index (χ0) is 9.90. The number of hydrogen-bond acceptors (Lipinski definition) is 1. The SMILES string of the molecule is CCC(CC)[C@H]1CCCC[C@]1(C)O. The molecule has 0 aliphatic heterocycles. The zero-order valence-electron chi connectivity index (χ0n) is 9.34. The molecule has 1 aliphatic rings. The molecule has 0 heterocycles. The maximum atomic E-state index is 10.3. The average Bonchev–Trinajstić information content (AvgIpc) is 2.09. The fraction of sp³-hybridized carbons (Fsp3) is 1.00. The second kappa shape index (κ2) is 4.45. The minimum Gasteiger partial charge on any atom is -0.390 e. The van der Waals surface area contributed by atoms with Crippen LogP contribution in [0.25, 0.3) is 0 Å². The molecule has 0 amide bonds. The molecule has 1 N–H and O–H groups in total. The highest BCUT2D eigenvalue weighted by Crippen LogP contribution is 2.40. The molecule has 0 saturated heterocycles. The summed E-state index contributed by atoms with van der Waals surface area (Å²) in [5.74, 6) is 1.28. The Morgan fingerprint density at radius 3 is 2.38 bits per heavy atom. The molecule has 0 bridgehead atoms. The highest BCUT2D eigenvalue weighted by atomic mass is 16.3. The van der Waals surface area contributed by atoms with E-state index < -0.39 is 0 Å². The van der Waals surface area contributed by atoms with Gasteiger partial charge in [0, 0.05) is 0 Å². The molecule has 0 radical (unpaired) electrons. The van der Waals surface area contributed by atoms with Gasteiger partial charge in [-0.15, -0.1) is 0 Å². The first-order chi connectivity index (χ1) is 6.11. The highest BCUT2D eigenvalue weighted by molar-refractivity contribution is 4.89. The van der Waals surface area contributed by atoms with E-state index in [1.807, 2.05) is 6.92 Å². The Morgan fingerprint density at radius 2 is 1.92 bits per heavy atom. The number of hydrogen-bond donors (Lipinski definition) is 1. The topological polar surface area (TPSA) is 20.2 Å². The second-order valence-corrected chi connectivity index (χ2v) is 4.79. The van der Waals surface area contributed by atoms with Gasteiger partial charge in [0.05, 0.1) is 5.60 Å². The molecule has 0 aromatic heterocycles. The Balaban J connectivity index is 2.63. The summed E-state index contributed by atoms with van der Waals surface area (Å²) < 4.78 is 0. The van der Waals surface area contributed by atoms with Crippen LogP contribution in [0.3, 0.4) is 0 Å². The minimum atomic E-state index is -0.380. The van der Waals surface area contributed by atoms with Gasteiger partial charge < -0.3 is 5.11 Å². The molecular weight excluding hydrogens is 160 g/mol. The van der Waals surface area contributed by atoms with Crippen molar-refractivity contribution in [1.82, 2.24) is 0 Å². The van der Waals surface area contributed by atoms with Gasteiger partial charge in [-0.1, -0.05) is 39.5 Å². The van der Waals surface area contributed by atoms with E-state index in [0.717, 1.165) is 12.3 Å². The van der Waals surface area contributed by atoms with Crippen LogP contribution in [0.5, 0.6) is 0 Å². The van der Waals surface area contributed by atoms with Crippen LogP contribution < -0.4 is 0 Å². The molecular formula is C12H24O. The molecule has 1 heteroatoms. The lowest BCUT2D eigenvalue weighted by molar-refractivity contribution is -0.0576. The van der Waals surface area contributed by atoms with Crippen molar-refractivity contribution in [3.63, 3.8) is 0 Å². The van der Waals surface area contributed by atoms with Crippen molar-refractivity contribution in [2.75, 3.05) is 0 Å². The van der Waals surface area contributed by atoms with Crippen molar-refractivity contribution in [3.05, 3.63) is 0 Å². The van der Waals surface area contributed by atoms with Gasteiger partial charge in [-0.3, -0.25) is 0 Å². The van der Waals surface area contributed by atoms with Gasteiger partial charge in [-0.2, -0.15) is 0 Å². The van der Waals surface area contributed by atoms with Crippen LogP contribution in [0.4, 0.5) is 0 Å². The van der Waals surface area contributed by atoms with Crippen LogP contribution in [-0.4, -0.2) is 10.7 Å². The van der Waals surface area contributed by atoms with Gasteiger partial charge in [0.25, 0.3) is 0 Å². The molecule has 1 aliphatic carbocycles. The summed E-state index contributed by atoms with van der Waals surface area (Å²) in [5.41, 5.74) is -0.380. The van der Waals surface area contributed by atoms with Crippen LogP contribution in [0.2, 0.25) is 0 Å². The third-order valence-electron chi connectivity index (χ3n) is 3.86. The predicted octanol–water partition coefficient (Wildman–Crippen LogP) is 3.36. The smallest absolute Gasteiger partial charge is 0.0650 e. The Kier molecular flexibility index (Phi) is 3.78. The number of aliphatic hydroxyl groups is 1. The highest BCUT2D eigenvalue weighted by Gasteiger charge is 2.37. The largest absolute Gasteiger partial charge is 0.390 e. The van der Waals surface area contributed by atoms with E-state index in [2.05, 4.69) is 13.8 Å². The van der Waals surface area contributed by atoms with Crippen LogP contribution >= 0.6 is 0 Å². The molecule has 0 aromatic carbocycles. The van der Waals surface area contributed by atoms with Crippen LogP contribution in [0.15, 0.2) is 0 Å². The number of rotatable bonds is 3. The van der Waals surface area contributed by atoms with Crippen LogP contribution in [0.1, 0.15) is 59.3 Å². The molecule has 0 unspecified atom stereocenters. The van der Waals surface area contributed by atoms with Gasteiger partial charge in [-0.25, -0.2) is 0 Å². The first kappa shape index (κ1) is 11.0. The monoisotopic (exact) mass is 184 g/mol. The van der Waals surface area contributed by atoms with Crippen molar-refractivity contribution in [2.45, 2.75) is 64.9 Å². The van der Waals surface area contributed by atoms with E-state index in [0.29, 0.717) is 5.92 Å². The summed E-state index contributed by atoms with van der Waals surface area (Å²) in [5, 5.41) is 10.3. The summed E-state index contributed by atoms with van der Waals surface area (Å²) in [4.78, 5) is 0. The lowest BCUT2D eigenvalue weighted by Crippen LogP contribution is -2.41. The van der Waals surface area contributed by atoms with Crippen molar-refractivity contribution >= 4 is 0 Å². The van der Waals surface area contributed by atoms with Crippen molar-refractivity contribution in [2.24, 2.45) is 11.8 Å². The van der Waals surface area contributed by atoms with Gasteiger partial charge in [0.1, 0.15) is 0 Å². The Hall–Kier alpha value is -0.0400. The van der Waals surface area contributed by atoms with E-state index in [1.54, 1.807) is 0 Å². The standard InChI is InChI=1S/C12H24O/c1-4-10(5-2)11-8-6-7-9-12(11,3)13/h10-11,13H,4-9H2,1-3H3/t11-,12+/m1/s1. The second-order valence-electron chi connectivity index (χ2n) is 4.79. The first-order valence-corrected chi connectivity index (χ1v) is 5.84.